The van der Waals surface area contributed by atoms with E-state index >= 15 is 0 Å². The maximum Gasteiger partial charge on any atom is 0.128 e. The lowest BCUT2D eigenvalue weighted by atomic mass is 9.74. The van der Waals surface area contributed by atoms with Crippen LogP contribution in [0.2, 0.25) is 6.82 Å². The van der Waals surface area contributed by atoms with Crippen molar-refractivity contribution in [1.82, 2.24) is 5.32 Å². The average molecular weight is 84.0 g/mol. The minimum absolute atomic E-state index is 0.560. The Morgan fingerprint density at radius 2 is 2.17 bits per heavy atom. The van der Waals surface area contributed by atoms with Crippen LogP contribution in [-0.2, 0) is 0 Å². The van der Waals surface area contributed by atoms with Gasteiger partial charge in [0.1, 0.15) is 7.28 Å². The molecular weight excluding hydrogens is 72.9 g/mol. The standard InChI is InChI=1S/C4H11BN/c1-4(5-2)6-3/h4,6H,1-3H3. The summed E-state index contributed by atoms with van der Waals surface area (Å²) in [5, 5.41) is 3.06. The van der Waals surface area contributed by atoms with Gasteiger partial charge in [-0.15, -0.1) is 0 Å². The fraction of sp³-hybridized carbons (Fsp3) is 1.00. The van der Waals surface area contributed by atoms with Crippen molar-refractivity contribution in [2.24, 2.45) is 0 Å². The van der Waals surface area contributed by atoms with Crippen molar-refractivity contribution >= 4 is 7.28 Å². The highest BCUT2D eigenvalue weighted by atomic mass is 14.8. The van der Waals surface area contributed by atoms with Crippen molar-refractivity contribution in [3.8, 4) is 0 Å². The van der Waals surface area contributed by atoms with E-state index in [4.69, 9.17) is 0 Å². The van der Waals surface area contributed by atoms with Gasteiger partial charge in [-0.2, -0.15) is 0 Å². The molecule has 2 heteroatoms. The van der Waals surface area contributed by atoms with E-state index in [0.29, 0.717) is 5.94 Å². The molecule has 6 heavy (non-hydrogen) atoms. The summed E-state index contributed by atoms with van der Waals surface area (Å²) in [4.78, 5) is 0. The van der Waals surface area contributed by atoms with Crippen molar-refractivity contribution in [3.63, 3.8) is 0 Å². The third kappa shape index (κ3) is 2.27. The summed E-state index contributed by atoms with van der Waals surface area (Å²) in [5.74, 6) is 0.560. The Labute approximate surface area is 40.4 Å². The molecule has 0 spiro atoms. The molecule has 0 amide bonds. The predicted molar refractivity (Wildman–Crippen MR) is 30.1 cm³/mol. The van der Waals surface area contributed by atoms with Gasteiger partial charge >= 0.3 is 0 Å². The van der Waals surface area contributed by atoms with Gasteiger partial charge in [-0.1, -0.05) is 13.7 Å². The summed E-state index contributed by atoms with van der Waals surface area (Å²) in [5.41, 5.74) is 0. The van der Waals surface area contributed by atoms with Crippen LogP contribution in [0.5, 0.6) is 0 Å². The third-order valence-corrected chi connectivity index (χ3v) is 0.955. The monoisotopic (exact) mass is 84.1 g/mol. The zero-order chi connectivity index (χ0) is 4.99. The normalized spacial score (nSPS) is 13.8. The molecule has 1 N–H and O–H groups in total. The highest BCUT2D eigenvalue weighted by Gasteiger charge is 1.89. The van der Waals surface area contributed by atoms with Crippen molar-refractivity contribution in [1.29, 1.82) is 0 Å². The Hall–Kier alpha value is 0.0249. The largest absolute Gasteiger partial charge is 0.325 e. The van der Waals surface area contributed by atoms with Gasteiger partial charge in [-0.3, -0.25) is 0 Å². The van der Waals surface area contributed by atoms with Crippen molar-refractivity contribution in [2.75, 3.05) is 7.05 Å². The van der Waals surface area contributed by atoms with Crippen molar-refractivity contribution in [3.05, 3.63) is 0 Å². The molecular formula is C4H11BN. The highest BCUT2D eigenvalue weighted by Crippen LogP contribution is 1.69. The van der Waals surface area contributed by atoms with Crippen LogP contribution in [-0.4, -0.2) is 20.3 Å². The first kappa shape index (κ1) is 6.02. The van der Waals surface area contributed by atoms with E-state index in [0.717, 1.165) is 0 Å². The second-order valence-electron chi connectivity index (χ2n) is 1.41. The van der Waals surface area contributed by atoms with Gasteiger partial charge < -0.3 is 5.32 Å². The maximum absolute atomic E-state index is 3.06. The molecule has 0 fully saturated rings. The van der Waals surface area contributed by atoms with Gasteiger partial charge in [-0.05, 0) is 13.0 Å². The molecule has 1 radical (unpaired) electrons. The number of hydrogen-bond donors (Lipinski definition) is 1. The highest BCUT2D eigenvalue weighted by molar-refractivity contribution is 6.35. The molecule has 0 aromatic rings. The van der Waals surface area contributed by atoms with Gasteiger partial charge in [-0.25, -0.2) is 0 Å². The Balaban J connectivity index is 2.75. The van der Waals surface area contributed by atoms with E-state index in [9.17, 15) is 0 Å². The lowest BCUT2D eigenvalue weighted by molar-refractivity contribution is 0.787. The summed E-state index contributed by atoms with van der Waals surface area (Å²) in [6.07, 6.45) is 0. The van der Waals surface area contributed by atoms with E-state index < -0.39 is 0 Å². The quantitative estimate of drug-likeness (QED) is 0.474. The summed E-state index contributed by atoms with van der Waals surface area (Å²) in [7, 11) is 4.06. The smallest absolute Gasteiger partial charge is 0.128 e. The molecule has 1 nitrogen and oxygen atoms in total. The molecule has 0 aromatic heterocycles. The molecule has 1 atom stereocenters. The summed E-state index contributed by atoms with van der Waals surface area (Å²) < 4.78 is 0. The Bertz CT molecular complexity index is 26.7. The molecule has 35 valence electrons. The van der Waals surface area contributed by atoms with E-state index in [1.807, 2.05) is 13.9 Å². The number of hydrogen-bond acceptors (Lipinski definition) is 1. The first-order valence-electron chi connectivity index (χ1n) is 2.28. The Morgan fingerprint density at radius 3 is 2.17 bits per heavy atom. The average Bonchev–Trinajstić information content (AvgIpc) is 1.65. The van der Waals surface area contributed by atoms with Crippen LogP contribution in [0.25, 0.3) is 0 Å². The van der Waals surface area contributed by atoms with E-state index in [-0.39, 0.29) is 0 Å². The van der Waals surface area contributed by atoms with Gasteiger partial charge in [0, 0.05) is 0 Å². The van der Waals surface area contributed by atoms with E-state index in [1.54, 1.807) is 0 Å². The SMILES string of the molecule is C[B]C(C)NC. The fourth-order valence-electron chi connectivity index (χ4n) is 0.167. The first-order valence-corrected chi connectivity index (χ1v) is 2.28. The zero-order valence-electron chi connectivity index (χ0n) is 4.65. The molecule has 0 rings (SSSR count). The first-order chi connectivity index (χ1) is 2.81. The van der Waals surface area contributed by atoms with Crippen molar-refractivity contribution in [2.45, 2.75) is 19.7 Å². The van der Waals surface area contributed by atoms with Gasteiger partial charge in [0.2, 0.25) is 0 Å². The lowest BCUT2D eigenvalue weighted by Gasteiger charge is -2.01. The molecule has 0 aliphatic carbocycles. The topological polar surface area (TPSA) is 12.0 Å². The summed E-state index contributed by atoms with van der Waals surface area (Å²) in [6.45, 7) is 4.15. The molecule has 0 bridgehead atoms. The van der Waals surface area contributed by atoms with Gasteiger partial charge in [0.15, 0.2) is 0 Å². The van der Waals surface area contributed by atoms with Crippen LogP contribution in [0, 0.1) is 0 Å². The van der Waals surface area contributed by atoms with Crippen LogP contribution in [0.3, 0.4) is 0 Å². The van der Waals surface area contributed by atoms with Gasteiger partial charge in [0.05, 0.1) is 0 Å². The lowest BCUT2D eigenvalue weighted by Crippen LogP contribution is -2.25. The zero-order valence-corrected chi connectivity index (χ0v) is 4.65. The van der Waals surface area contributed by atoms with E-state index in [1.165, 1.54) is 0 Å². The van der Waals surface area contributed by atoms with Crippen LogP contribution in [0.4, 0.5) is 0 Å². The Morgan fingerprint density at radius 1 is 1.67 bits per heavy atom. The molecule has 0 saturated carbocycles. The molecule has 0 aromatic carbocycles. The summed E-state index contributed by atoms with van der Waals surface area (Å²) in [6, 6.07) is 0. The van der Waals surface area contributed by atoms with Crippen LogP contribution >= 0.6 is 0 Å². The van der Waals surface area contributed by atoms with Crippen molar-refractivity contribution < 1.29 is 0 Å². The maximum atomic E-state index is 3.06. The molecule has 1 unspecified atom stereocenters. The molecule has 0 aliphatic heterocycles. The van der Waals surface area contributed by atoms with Crippen LogP contribution in [0.15, 0.2) is 0 Å². The minimum Gasteiger partial charge on any atom is -0.325 e. The molecule has 0 saturated heterocycles. The van der Waals surface area contributed by atoms with E-state index in [2.05, 4.69) is 19.5 Å². The fourth-order valence-corrected chi connectivity index (χ4v) is 0.167. The number of nitrogens with one attached hydrogen (secondary N) is 1. The van der Waals surface area contributed by atoms with Gasteiger partial charge in [0.25, 0.3) is 0 Å². The summed E-state index contributed by atoms with van der Waals surface area (Å²) >= 11 is 0. The van der Waals surface area contributed by atoms with Crippen LogP contribution in [0.1, 0.15) is 6.92 Å². The third-order valence-electron chi connectivity index (χ3n) is 0.955. The van der Waals surface area contributed by atoms with Crippen LogP contribution < -0.4 is 5.32 Å². The second kappa shape index (κ2) is 3.22. The molecule has 0 aliphatic rings. The second-order valence-corrected chi connectivity index (χ2v) is 1.41. The minimum atomic E-state index is 0.560. The predicted octanol–water partition coefficient (Wildman–Crippen LogP) is 0.304. The molecule has 0 heterocycles. The Kier molecular flexibility index (Phi) is 3.24. The number of rotatable bonds is 2.